The number of ether oxygens (including phenoxy) is 1. The fourth-order valence-corrected chi connectivity index (χ4v) is 2.70. The van der Waals surface area contributed by atoms with Crippen LogP contribution in [-0.4, -0.2) is 22.0 Å². The van der Waals surface area contributed by atoms with Crippen LogP contribution in [0.25, 0.3) is 16.9 Å². The molecule has 1 unspecified atom stereocenters. The van der Waals surface area contributed by atoms with E-state index in [2.05, 4.69) is 5.10 Å². The first kappa shape index (κ1) is 18.1. The van der Waals surface area contributed by atoms with Gasteiger partial charge >= 0.3 is 0 Å². The van der Waals surface area contributed by atoms with Crippen molar-refractivity contribution in [3.05, 3.63) is 65.6 Å². The van der Waals surface area contributed by atoms with Gasteiger partial charge in [-0.15, -0.1) is 0 Å². The fraction of sp³-hybridized carbons (Fsp3) is 0.286. The standard InChI is InChI=1S/C21H23FN2O2/c1-5-21(3,25)20-13-19(15-7-6-14(2)18(22)12-15)24(23-20)16-8-10-17(26-4)11-9-16/h6-13,25H,5H2,1-4H3. The van der Waals surface area contributed by atoms with Crippen LogP contribution in [-0.2, 0) is 5.60 Å². The lowest BCUT2D eigenvalue weighted by Gasteiger charge is -2.17. The molecule has 0 bridgehead atoms. The van der Waals surface area contributed by atoms with Crippen molar-refractivity contribution < 1.29 is 14.2 Å². The predicted octanol–water partition coefficient (Wildman–Crippen LogP) is 4.61. The lowest BCUT2D eigenvalue weighted by molar-refractivity contribution is 0.0481. The van der Waals surface area contributed by atoms with E-state index >= 15 is 0 Å². The van der Waals surface area contributed by atoms with Gasteiger partial charge in [-0.05, 0) is 62.2 Å². The maximum absolute atomic E-state index is 14.1. The summed E-state index contributed by atoms with van der Waals surface area (Å²) in [6, 6.07) is 14.4. The summed E-state index contributed by atoms with van der Waals surface area (Å²) in [6.45, 7) is 5.36. The molecule has 5 heteroatoms. The van der Waals surface area contributed by atoms with E-state index in [0.29, 0.717) is 23.2 Å². The van der Waals surface area contributed by atoms with Gasteiger partial charge in [-0.3, -0.25) is 0 Å². The molecule has 0 aliphatic carbocycles. The molecule has 0 aliphatic rings. The minimum Gasteiger partial charge on any atom is -0.497 e. The molecule has 136 valence electrons. The minimum absolute atomic E-state index is 0.270. The van der Waals surface area contributed by atoms with Crippen LogP contribution in [0.2, 0.25) is 0 Å². The van der Waals surface area contributed by atoms with Crippen LogP contribution < -0.4 is 4.74 Å². The Morgan fingerprint density at radius 2 is 1.85 bits per heavy atom. The molecule has 1 N–H and O–H groups in total. The van der Waals surface area contributed by atoms with Gasteiger partial charge in [0.15, 0.2) is 0 Å². The van der Waals surface area contributed by atoms with E-state index in [1.54, 1.807) is 31.7 Å². The van der Waals surface area contributed by atoms with E-state index in [1.807, 2.05) is 43.3 Å². The van der Waals surface area contributed by atoms with Crippen LogP contribution in [0.5, 0.6) is 5.75 Å². The fourth-order valence-electron chi connectivity index (χ4n) is 2.70. The summed E-state index contributed by atoms with van der Waals surface area (Å²) in [5, 5.41) is 15.2. The van der Waals surface area contributed by atoms with Crippen LogP contribution in [0.15, 0.2) is 48.5 Å². The molecule has 2 aromatic carbocycles. The largest absolute Gasteiger partial charge is 0.497 e. The van der Waals surface area contributed by atoms with Crippen LogP contribution in [0.1, 0.15) is 31.5 Å². The van der Waals surface area contributed by atoms with E-state index in [9.17, 15) is 9.50 Å². The van der Waals surface area contributed by atoms with Gasteiger partial charge in [-0.25, -0.2) is 9.07 Å². The zero-order valence-corrected chi connectivity index (χ0v) is 15.5. The van der Waals surface area contributed by atoms with Crippen molar-refractivity contribution >= 4 is 0 Å². The molecular weight excluding hydrogens is 331 g/mol. The summed E-state index contributed by atoms with van der Waals surface area (Å²) in [5.74, 6) is 0.471. The maximum Gasteiger partial charge on any atom is 0.126 e. The molecule has 1 aromatic heterocycles. The summed E-state index contributed by atoms with van der Waals surface area (Å²) >= 11 is 0. The summed E-state index contributed by atoms with van der Waals surface area (Å²) < 4.78 is 21.0. The summed E-state index contributed by atoms with van der Waals surface area (Å²) in [5.41, 5.74) is 2.31. The number of aromatic nitrogens is 2. The highest BCUT2D eigenvalue weighted by atomic mass is 19.1. The summed E-state index contributed by atoms with van der Waals surface area (Å²) in [6.07, 6.45) is 0.522. The molecule has 0 saturated carbocycles. The van der Waals surface area contributed by atoms with Gasteiger partial charge in [0.1, 0.15) is 17.2 Å². The zero-order valence-electron chi connectivity index (χ0n) is 15.5. The van der Waals surface area contributed by atoms with Crippen molar-refractivity contribution in [2.75, 3.05) is 7.11 Å². The highest BCUT2D eigenvalue weighted by Crippen LogP contribution is 2.31. The van der Waals surface area contributed by atoms with Gasteiger partial charge in [0, 0.05) is 5.56 Å². The first-order valence-corrected chi connectivity index (χ1v) is 8.59. The third-order valence-corrected chi connectivity index (χ3v) is 4.73. The van der Waals surface area contributed by atoms with Crippen molar-refractivity contribution in [2.45, 2.75) is 32.8 Å². The van der Waals surface area contributed by atoms with Crippen LogP contribution in [0.3, 0.4) is 0 Å². The molecule has 3 rings (SSSR count). The Bertz CT molecular complexity index is 914. The smallest absolute Gasteiger partial charge is 0.126 e. The van der Waals surface area contributed by atoms with Crippen molar-refractivity contribution in [3.63, 3.8) is 0 Å². The normalized spacial score (nSPS) is 13.5. The van der Waals surface area contributed by atoms with E-state index in [0.717, 1.165) is 17.1 Å². The van der Waals surface area contributed by atoms with Gasteiger partial charge in [0.05, 0.1) is 24.2 Å². The lowest BCUT2D eigenvalue weighted by Crippen LogP contribution is -2.20. The number of aliphatic hydroxyl groups is 1. The Morgan fingerprint density at radius 1 is 1.15 bits per heavy atom. The summed E-state index contributed by atoms with van der Waals surface area (Å²) in [4.78, 5) is 0. The zero-order chi connectivity index (χ0) is 18.9. The Morgan fingerprint density at radius 3 is 2.42 bits per heavy atom. The third-order valence-electron chi connectivity index (χ3n) is 4.73. The molecule has 1 atom stereocenters. The number of rotatable bonds is 5. The SMILES string of the molecule is CCC(C)(O)c1cc(-c2ccc(C)c(F)c2)n(-c2ccc(OC)cc2)n1. The Hall–Kier alpha value is -2.66. The van der Waals surface area contributed by atoms with Crippen molar-refractivity contribution in [1.82, 2.24) is 9.78 Å². The number of hydrogen-bond donors (Lipinski definition) is 1. The molecule has 0 spiro atoms. The number of methoxy groups -OCH3 is 1. The number of hydrogen-bond acceptors (Lipinski definition) is 3. The Labute approximate surface area is 152 Å². The predicted molar refractivity (Wildman–Crippen MR) is 100 cm³/mol. The Kier molecular flexibility index (Phi) is 4.83. The summed E-state index contributed by atoms with van der Waals surface area (Å²) in [7, 11) is 1.61. The monoisotopic (exact) mass is 354 g/mol. The average molecular weight is 354 g/mol. The first-order valence-electron chi connectivity index (χ1n) is 8.59. The molecule has 0 aliphatic heterocycles. The molecule has 3 aromatic rings. The van der Waals surface area contributed by atoms with E-state index in [4.69, 9.17) is 4.74 Å². The first-order chi connectivity index (χ1) is 12.4. The molecule has 0 amide bonds. The second-order valence-electron chi connectivity index (χ2n) is 6.62. The number of aryl methyl sites for hydroxylation is 1. The number of benzene rings is 2. The van der Waals surface area contributed by atoms with Gasteiger partial charge in [0.2, 0.25) is 0 Å². The highest BCUT2D eigenvalue weighted by molar-refractivity contribution is 5.63. The molecule has 1 heterocycles. The lowest BCUT2D eigenvalue weighted by atomic mass is 9.98. The second-order valence-corrected chi connectivity index (χ2v) is 6.62. The minimum atomic E-state index is -1.06. The van der Waals surface area contributed by atoms with Gasteiger partial charge in [-0.2, -0.15) is 5.10 Å². The number of halogens is 1. The quantitative estimate of drug-likeness (QED) is 0.728. The van der Waals surface area contributed by atoms with Crippen molar-refractivity contribution in [1.29, 1.82) is 0 Å². The van der Waals surface area contributed by atoms with Crippen LogP contribution in [0, 0.1) is 12.7 Å². The molecule has 0 radical (unpaired) electrons. The topological polar surface area (TPSA) is 47.3 Å². The van der Waals surface area contributed by atoms with Crippen LogP contribution >= 0.6 is 0 Å². The highest BCUT2D eigenvalue weighted by Gasteiger charge is 2.26. The molecule has 0 fully saturated rings. The van der Waals surface area contributed by atoms with E-state index in [-0.39, 0.29) is 5.82 Å². The van der Waals surface area contributed by atoms with Gasteiger partial charge in [-0.1, -0.05) is 19.1 Å². The van der Waals surface area contributed by atoms with Crippen molar-refractivity contribution in [3.8, 4) is 22.7 Å². The van der Waals surface area contributed by atoms with Gasteiger partial charge in [0.25, 0.3) is 0 Å². The van der Waals surface area contributed by atoms with E-state index in [1.165, 1.54) is 6.07 Å². The number of nitrogens with zero attached hydrogens (tertiary/aromatic N) is 2. The third kappa shape index (κ3) is 3.35. The molecular formula is C21H23FN2O2. The average Bonchev–Trinajstić information content (AvgIpc) is 3.10. The molecule has 26 heavy (non-hydrogen) atoms. The van der Waals surface area contributed by atoms with Crippen LogP contribution in [0.4, 0.5) is 4.39 Å². The maximum atomic E-state index is 14.1. The van der Waals surface area contributed by atoms with Crippen molar-refractivity contribution in [2.24, 2.45) is 0 Å². The Balaban J connectivity index is 2.18. The van der Waals surface area contributed by atoms with Gasteiger partial charge < -0.3 is 9.84 Å². The molecule has 0 saturated heterocycles. The molecule has 4 nitrogen and oxygen atoms in total. The van der Waals surface area contributed by atoms with E-state index < -0.39 is 5.60 Å². The second kappa shape index (κ2) is 6.92.